The van der Waals surface area contributed by atoms with Crippen molar-refractivity contribution in [3.05, 3.63) is 41.5 Å². The quantitative estimate of drug-likeness (QED) is 0.578. The maximum absolute atomic E-state index is 12.0. The highest BCUT2D eigenvalue weighted by molar-refractivity contribution is 7.20. The molecule has 0 aromatic carbocycles. The van der Waals surface area contributed by atoms with Crippen molar-refractivity contribution in [3.63, 3.8) is 0 Å². The van der Waals surface area contributed by atoms with Crippen molar-refractivity contribution in [2.24, 2.45) is 0 Å². The van der Waals surface area contributed by atoms with Crippen LogP contribution >= 0.6 is 68.8 Å². The lowest BCUT2D eigenvalue weighted by atomic mass is 10.3. The highest BCUT2D eigenvalue weighted by atomic mass is 35.5. The largest absolute Gasteiger partial charge is 0.297 e. The number of carbonyl (C=O) groups is 1. The Hall–Kier alpha value is -0.630. The normalized spacial score (nSPS) is 10.8. The maximum Gasteiger partial charge on any atom is 0.267 e. The number of rotatable bonds is 3. The summed E-state index contributed by atoms with van der Waals surface area (Å²) in [7, 11) is 0. The third kappa shape index (κ3) is 3.41. The molecule has 9 heteroatoms. The molecule has 0 atom stereocenters. The van der Waals surface area contributed by atoms with Crippen LogP contribution in [-0.4, -0.2) is 10.9 Å². The van der Waals surface area contributed by atoms with E-state index in [1.54, 1.807) is 18.2 Å². The van der Waals surface area contributed by atoms with Crippen molar-refractivity contribution >= 4 is 79.9 Å². The molecular formula is C12H5Cl3N2OS3. The molecule has 0 aliphatic carbocycles. The molecule has 3 heterocycles. The Morgan fingerprint density at radius 2 is 1.95 bits per heavy atom. The molecule has 3 rings (SSSR count). The SMILES string of the molecule is O=C(Nc1nc(-c2cc(Cl)sc2Cl)cs1)c1ccc(Cl)s1. The number of thiazole rings is 1. The van der Waals surface area contributed by atoms with Crippen molar-refractivity contribution in [1.29, 1.82) is 0 Å². The molecule has 0 radical (unpaired) electrons. The Kier molecular flexibility index (Phi) is 4.54. The van der Waals surface area contributed by atoms with Crippen molar-refractivity contribution in [1.82, 2.24) is 4.98 Å². The Balaban J connectivity index is 1.79. The minimum absolute atomic E-state index is 0.234. The number of thiophene rings is 2. The van der Waals surface area contributed by atoms with E-state index in [4.69, 9.17) is 34.8 Å². The first kappa shape index (κ1) is 15.3. The van der Waals surface area contributed by atoms with E-state index in [2.05, 4.69) is 10.3 Å². The molecule has 0 aliphatic rings. The molecule has 3 aromatic rings. The second kappa shape index (κ2) is 6.24. The summed E-state index contributed by atoms with van der Waals surface area (Å²) in [5.41, 5.74) is 1.45. The van der Waals surface area contributed by atoms with Crippen LogP contribution in [0.2, 0.25) is 13.0 Å². The van der Waals surface area contributed by atoms with Crippen molar-refractivity contribution in [3.8, 4) is 11.3 Å². The van der Waals surface area contributed by atoms with Crippen LogP contribution in [0.5, 0.6) is 0 Å². The van der Waals surface area contributed by atoms with Gasteiger partial charge in [0, 0.05) is 10.9 Å². The first-order valence-electron chi connectivity index (χ1n) is 5.50. The lowest BCUT2D eigenvalue weighted by Crippen LogP contribution is -2.09. The molecule has 3 nitrogen and oxygen atoms in total. The number of anilines is 1. The minimum Gasteiger partial charge on any atom is -0.297 e. The van der Waals surface area contributed by atoms with Crippen molar-refractivity contribution in [2.45, 2.75) is 0 Å². The molecule has 0 saturated heterocycles. The summed E-state index contributed by atoms with van der Waals surface area (Å²) in [5.74, 6) is -0.234. The summed E-state index contributed by atoms with van der Waals surface area (Å²) < 4.78 is 1.75. The molecule has 108 valence electrons. The second-order valence-corrected chi connectivity index (χ2v) is 8.69. The van der Waals surface area contributed by atoms with Crippen LogP contribution in [0.4, 0.5) is 5.13 Å². The number of nitrogens with zero attached hydrogens (tertiary/aromatic N) is 1. The number of halogens is 3. The monoisotopic (exact) mass is 394 g/mol. The highest BCUT2D eigenvalue weighted by Gasteiger charge is 2.14. The Labute approximate surface area is 147 Å². The Morgan fingerprint density at radius 1 is 1.14 bits per heavy atom. The Bertz CT molecular complexity index is 808. The third-order valence-electron chi connectivity index (χ3n) is 2.45. The fourth-order valence-corrected chi connectivity index (χ4v) is 4.69. The highest BCUT2D eigenvalue weighted by Crippen LogP contribution is 2.39. The van der Waals surface area contributed by atoms with Gasteiger partial charge in [0.2, 0.25) is 0 Å². The molecule has 0 fully saturated rings. The van der Waals surface area contributed by atoms with Gasteiger partial charge in [0.1, 0.15) is 4.34 Å². The first-order chi connectivity index (χ1) is 10.0. The standard InChI is InChI=1S/C12H5Cl3N2OS3/c13-8-2-1-7(20-8)11(18)17-12-16-6(4-19-12)5-3-9(14)21-10(5)15/h1-4H,(H,16,17,18). The number of nitrogens with one attached hydrogen (secondary N) is 1. The van der Waals surface area contributed by atoms with Crippen LogP contribution in [0.25, 0.3) is 11.3 Å². The van der Waals surface area contributed by atoms with Crippen LogP contribution in [0.1, 0.15) is 9.67 Å². The number of hydrogen-bond acceptors (Lipinski definition) is 5. The van der Waals surface area contributed by atoms with E-state index in [0.29, 0.717) is 28.7 Å². The zero-order chi connectivity index (χ0) is 15.0. The van der Waals surface area contributed by atoms with E-state index in [1.807, 2.05) is 5.38 Å². The molecule has 0 spiro atoms. The lowest BCUT2D eigenvalue weighted by Gasteiger charge is -1.97. The maximum atomic E-state index is 12.0. The van der Waals surface area contributed by atoms with Crippen LogP contribution in [-0.2, 0) is 0 Å². The van der Waals surface area contributed by atoms with Gasteiger partial charge in [0.05, 0.1) is 19.2 Å². The topological polar surface area (TPSA) is 42.0 Å². The van der Waals surface area contributed by atoms with E-state index in [0.717, 1.165) is 5.56 Å². The smallest absolute Gasteiger partial charge is 0.267 e. The molecule has 0 bridgehead atoms. The second-order valence-electron chi connectivity index (χ2n) is 3.83. The third-order valence-corrected chi connectivity index (χ3v) is 5.93. The van der Waals surface area contributed by atoms with Gasteiger partial charge in [0.15, 0.2) is 5.13 Å². The predicted octanol–water partition coefficient (Wildman–Crippen LogP) is 6.15. The van der Waals surface area contributed by atoms with Gasteiger partial charge in [-0.25, -0.2) is 4.98 Å². The van der Waals surface area contributed by atoms with E-state index in [9.17, 15) is 4.79 Å². The Morgan fingerprint density at radius 3 is 2.57 bits per heavy atom. The zero-order valence-electron chi connectivity index (χ0n) is 10.0. The van der Waals surface area contributed by atoms with E-state index < -0.39 is 0 Å². The molecule has 21 heavy (non-hydrogen) atoms. The summed E-state index contributed by atoms with van der Waals surface area (Å²) in [6.07, 6.45) is 0. The van der Waals surface area contributed by atoms with Gasteiger partial charge in [-0.05, 0) is 18.2 Å². The average molecular weight is 396 g/mol. The average Bonchev–Trinajstić information content (AvgIpc) is 3.10. The van der Waals surface area contributed by atoms with E-state index in [1.165, 1.54) is 34.0 Å². The first-order valence-corrected chi connectivity index (χ1v) is 9.15. The number of amides is 1. The van der Waals surface area contributed by atoms with Gasteiger partial charge in [-0.2, -0.15) is 0 Å². The summed E-state index contributed by atoms with van der Waals surface area (Å²) in [4.78, 5) is 16.9. The molecule has 3 aromatic heterocycles. The summed E-state index contributed by atoms with van der Waals surface area (Å²) in [6, 6.07) is 5.11. The van der Waals surface area contributed by atoms with Crippen LogP contribution in [0.15, 0.2) is 23.6 Å². The fourth-order valence-electron chi connectivity index (χ4n) is 1.56. The van der Waals surface area contributed by atoms with E-state index >= 15 is 0 Å². The summed E-state index contributed by atoms with van der Waals surface area (Å²) >= 11 is 21.6. The van der Waals surface area contributed by atoms with Crippen LogP contribution in [0, 0.1) is 0 Å². The number of carbonyl (C=O) groups excluding carboxylic acids is 1. The molecular weight excluding hydrogens is 391 g/mol. The summed E-state index contributed by atoms with van der Waals surface area (Å²) in [6.45, 7) is 0. The predicted molar refractivity (Wildman–Crippen MR) is 92.7 cm³/mol. The number of aromatic nitrogens is 1. The van der Waals surface area contributed by atoms with Gasteiger partial charge in [-0.3, -0.25) is 10.1 Å². The van der Waals surface area contributed by atoms with Crippen molar-refractivity contribution in [2.75, 3.05) is 5.32 Å². The fraction of sp³-hybridized carbons (Fsp3) is 0. The molecule has 1 N–H and O–H groups in total. The van der Waals surface area contributed by atoms with Gasteiger partial charge >= 0.3 is 0 Å². The van der Waals surface area contributed by atoms with Gasteiger partial charge < -0.3 is 0 Å². The van der Waals surface area contributed by atoms with E-state index in [-0.39, 0.29) is 5.91 Å². The van der Waals surface area contributed by atoms with Crippen LogP contribution in [0.3, 0.4) is 0 Å². The van der Waals surface area contributed by atoms with Crippen LogP contribution < -0.4 is 5.32 Å². The lowest BCUT2D eigenvalue weighted by molar-refractivity contribution is 0.103. The summed E-state index contributed by atoms with van der Waals surface area (Å²) in [5, 5.41) is 5.05. The molecule has 0 saturated carbocycles. The van der Waals surface area contributed by atoms with Gasteiger partial charge in [0.25, 0.3) is 5.91 Å². The zero-order valence-corrected chi connectivity index (χ0v) is 14.7. The van der Waals surface area contributed by atoms with Gasteiger partial charge in [-0.15, -0.1) is 34.0 Å². The molecule has 1 amide bonds. The molecule has 0 unspecified atom stereocenters. The minimum atomic E-state index is -0.234. The van der Waals surface area contributed by atoms with Gasteiger partial charge in [-0.1, -0.05) is 34.8 Å². The number of hydrogen-bond donors (Lipinski definition) is 1. The molecule has 0 aliphatic heterocycles. The van der Waals surface area contributed by atoms with Crippen molar-refractivity contribution < 1.29 is 4.79 Å².